The Balaban J connectivity index is 1.88. The first-order valence-electron chi connectivity index (χ1n) is 7.88. The van der Waals surface area contributed by atoms with Gasteiger partial charge in [0.2, 0.25) is 0 Å². The minimum absolute atomic E-state index is 0.0320. The Morgan fingerprint density at radius 2 is 2.05 bits per heavy atom. The summed E-state index contributed by atoms with van der Waals surface area (Å²) in [4.78, 5) is 12.1. The van der Waals surface area contributed by atoms with Crippen LogP contribution in [0.3, 0.4) is 0 Å². The zero-order valence-corrected chi connectivity index (χ0v) is 13.2. The second-order valence-electron chi connectivity index (χ2n) is 6.48. The highest BCUT2D eigenvalue weighted by molar-refractivity contribution is 5.89. The Bertz CT molecular complexity index is 487. The summed E-state index contributed by atoms with van der Waals surface area (Å²) >= 11 is 0. The number of carbonyl (C=O) groups is 1. The van der Waals surface area contributed by atoms with Gasteiger partial charge in [0.15, 0.2) is 0 Å². The van der Waals surface area contributed by atoms with Gasteiger partial charge >= 0.3 is 6.03 Å². The SMILES string of the molecule is CC(N)c1cccc(NC(=O)NC2CCC(C)C(C)C2)c1. The molecule has 1 aliphatic rings. The number of carbonyl (C=O) groups excluding carboxylic acids is 1. The molecule has 0 bridgehead atoms. The van der Waals surface area contributed by atoms with Crippen molar-refractivity contribution >= 4 is 11.7 Å². The molecular formula is C17H27N3O. The summed E-state index contributed by atoms with van der Waals surface area (Å²) in [6.07, 6.45) is 3.32. The van der Waals surface area contributed by atoms with Gasteiger partial charge in [0.05, 0.1) is 0 Å². The van der Waals surface area contributed by atoms with Crippen molar-refractivity contribution in [2.24, 2.45) is 17.6 Å². The van der Waals surface area contributed by atoms with E-state index in [9.17, 15) is 4.79 Å². The van der Waals surface area contributed by atoms with Crippen LogP contribution >= 0.6 is 0 Å². The lowest BCUT2D eigenvalue weighted by Crippen LogP contribution is -2.41. The van der Waals surface area contributed by atoms with Gasteiger partial charge in [0.1, 0.15) is 0 Å². The molecule has 0 aliphatic heterocycles. The third-order valence-electron chi connectivity index (χ3n) is 4.60. The lowest BCUT2D eigenvalue weighted by Gasteiger charge is -2.32. The number of hydrogen-bond acceptors (Lipinski definition) is 2. The molecule has 1 aliphatic carbocycles. The number of nitrogens with two attached hydrogens (primary N) is 1. The molecule has 4 nitrogen and oxygen atoms in total. The van der Waals surface area contributed by atoms with E-state index < -0.39 is 0 Å². The fourth-order valence-corrected chi connectivity index (χ4v) is 2.93. The number of nitrogens with one attached hydrogen (secondary N) is 2. The van der Waals surface area contributed by atoms with E-state index in [-0.39, 0.29) is 18.1 Å². The fraction of sp³-hybridized carbons (Fsp3) is 0.588. The molecule has 4 heteroatoms. The molecule has 1 saturated carbocycles. The lowest BCUT2D eigenvalue weighted by molar-refractivity contribution is 0.215. The van der Waals surface area contributed by atoms with Crippen molar-refractivity contribution in [1.29, 1.82) is 0 Å². The predicted octanol–water partition coefficient (Wildman–Crippen LogP) is 3.65. The predicted molar refractivity (Wildman–Crippen MR) is 87.2 cm³/mol. The summed E-state index contributed by atoms with van der Waals surface area (Å²) in [7, 11) is 0. The normalized spacial score (nSPS) is 27.0. The quantitative estimate of drug-likeness (QED) is 0.795. The second-order valence-corrected chi connectivity index (χ2v) is 6.48. The molecule has 4 atom stereocenters. The number of amides is 2. The number of benzene rings is 1. The zero-order valence-electron chi connectivity index (χ0n) is 13.2. The molecule has 4 N–H and O–H groups in total. The van der Waals surface area contributed by atoms with Crippen LogP contribution in [-0.2, 0) is 0 Å². The standard InChI is InChI=1S/C17H27N3O/c1-11-7-8-16(9-12(11)2)20-17(21)19-15-6-4-5-14(10-15)13(3)18/h4-6,10-13,16H,7-9,18H2,1-3H3,(H2,19,20,21). The van der Waals surface area contributed by atoms with Crippen molar-refractivity contribution < 1.29 is 4.79 Å². The van der Waals surface area contributed by atoms with Crippen LogP contribution in [0.5, 0.6) is 0 Å². The van der Waals surface area contributed by atoms with E-state index in [1.54, 1.807) is 0 Å². The lowest BCUT2D eigenvalue weighted by atomic mass is 9.79. The average molecular weight is 289 g/mol. The molecule has 0 spiro atoms. The van der Waals surface area contributed by atoms with Crippen LogP contribution in [0.2, 0.25) is 0 Å². The van der Waals surface area contributed by atoms with Gasteiger partial charge in [-0.2, -0.15) is 0 Å². The van der Waals surface area contributed by atoms with Crippen molar-refractivity contribution in [1.82, 2.24) is 5.32 Å². The molecule has 2 amide bonds. The Morgan fingerprint density at radius 3 is 2.71 bits per heavy atom. The highest BCUT2D eigenvalue weighted by Gasteiger charge is 2.25. The number of hydrogen-bond donors (Lipinski definition) is 3. The summed E-state index contributed by atoms with van der Waals surface area (Å²) in [6.45, 7) is 6.49. The van der Waals surface area contributed by atoms with Crippen LogP contribution in [0, 0.1) is 11.8 Å². The molecule has 116 valence electrons. The monoisotopic (exact) mass is 289 g/mol. The minimum Gasteiger partial charge on any atom is -0.335 e. The Hall–Kier alpha value is -1.55. The van der Waals surface area contributed by atoms with E-state index in [4.69, 9.17) is 5.73 Å². The van der Waals surface area contributed by atoms with Crippen molar-refractivity contribution in [2.45, 2.75) is 52.1 Å². The number of anilines is 1. The summed E-state index contributed by atoms with van der Waals surface area (Å²) in [5.41, 5.74) is 7.68. The van der Waals surface area contributed by atoms with Gasteiger partial charge in [-0.05, 0) is 55.7 Å². The first-order chi connectivity index (χ1) is 9.95. The van der Waals surface area contributed by atoms with Crippen molar-refractivity contribution in [3.05, 3.63) is 29.8 Å². The van der Waals surface area contributed by atoms with E-state index in [1.807, 2.05) is 31.2 Å². The highest BCUT2D eigenvalue weighted by atomic mass is 16.2. The summed E-state index contributed by atoms with van der Waals surface area (Å²) in [5, 5.41) is 5.99. The molecule has 21 heavy (non-hydrogen) atoms. The van der Waals surface area contributed by atoms with Gasteiger partial charge in [-0.3, -0.25) is 0 Å². The van der Waals surface area contributed by atoms with E-state index in [2.05, 4.69) is 24.5 Å². The van der Waals surface area contributed by atoms with E-state index in [1.165, 1.54) is 6.42 Å². The van der Waals surface area contributed by atoms with Crippen molar-refractivity contribution in [3.63, 3.8) is 0 Å². The first-order valence-corrected chi connectivity index (χ1v) is 7.88. The molecule has 4 unspecified atom stereocenters. The Labute approximate surface area is 127 Å². The van der Waals surface area contributed by atoms with Crippen LogP contribution in [-0.4, -0.2) is 12.1 Å². The van der Waals surface area contributed by atoms with E-state index in [0.29, 0.717) is 5.92 Å². The molecule has 0 saturated heterocycles. The second kappa shape index (κ2) is 6.94. The van der Waals surface area contributed by atoms with Gasteiger partial charge in [-0.1, -0.05) is 26.0 Å². The van der Waals surface area contributed by atoms with E-state index >= 15 is 0 Å². The van der Waals surface area contributed by atoms with Gasteiger partial charge in [-0.25, -0.2) is 4.79 Å². The summed E-state index contributed by atoms with van der Waals surface area (Å²) < 4.78 is 0. The van der Waals surface area contributed by atoms with Crippen LogP contribution < -0.4 is 16.4 Å². The molecule has 0 aromatic heterocycles. The number of urea groups is 1. The zero-order chi connectivity index (χ0) is 15.4. The molecule has 1 fully saturated rings. The summed E-state index contributed by atoms with van der Waals surface area (Å²) in [5.74, 6) is 1.43. The van der Waals surface area contributed by atoms with Gasteiger partial charge in [-0.15, -0.1) is 0 Å². The van der Waals surface area contributed by atoms with Crippen molar-refractivity contribution in [2.75, 3.05) is 5.32 Å². The minimum atomic E-state index is -0.122. The molecule has 1 aromatic rings. The largest absolute Gasteiger partial charge is 0.335 e. The summed E-state index contributed by atoms with van der Waals surface area (Å²) in [6, 6.07) is 7.83. The first kappa shape index (κ1) is 15.8. The average Bonchev–Trinajstić information content (AvgIpc) is 2.43. The van der Waals surface area contributed by atoms with Crippen LogP contribution in [0.4, 0.5) is 10.5 Å². The topological polar surface area (TPSA) is 67.1 Å². The van der Waals surface area contributed by atoms with Crippen molar-refractivity contribution in [3.8, 4) is 0 Å². The van der Waals surface area contributed by atoms with Crippen LogP contribution in [0.15, 0.2) is 24.3 Å². The van der Waals surface area contributed by atoms with Gasteiger partial charge in [0, 0.05) is 17.8 Å². The van der Waals surface area contributed by atoms with Gasteiger partial charge in [0.25, 0.3) is 0 Å². The third-order valence-corrected chi connectivity index (χ3v) is 4.60. The third kappa shape index (κ3) is 4.46. The Morgan fingerprint density at radius 1 is 1.29 bits per heavy atom. The molecular weight excluding hydrogens is 262 g/mol. The van der Waals surface area contributed by atoms with E-state index in [0.717, 1.165) is 30.0 Å². The fourth-order valence-electron chi connectivity index (χ4n) is 2.93. The van der Waals surface area contributed by atoms with Gasteiger partial charge < -0.3 is 16.4 Å². The molecule has 2 rings (SSSR count). The Kier molecular flexibility index (Phi) is 5.23. The number of rotatable bonds is 3. The maximum Gasteiger partial charge on any atom is 0.319 e. The maximum absolute atomic E-state index is 12.1. The maximum atomic E-state index is 12.1. The highest BCUT2D eigenvalue weighted by Crippen LogP contribution is 2.29. The van der Waals surface area contributed by atoms with Crippen LogP contribution in [0.25, 0.3) is 0 Å². The smallest absolute Gasteiger partial charge is 0.319 e. The van der Waals surface area contributed by atoms with Crippen LogP contribution in [0.1, 0.15) is 51.6 Å². The molecule has 0 heterocycles. The molecule has 1 aromatic carbocycles. The molecule has 0 radical (unpaired) electrons.